The number of hydrogen-bond acceptors (Lipinski definition) is 3. The van der Waals surface area contributed by atoms with Crippen LogP contribution in [0.2, 0.25) is 0 Å². The number of piperidine rings is 1. The van der Waals surface area contributed by atoms with E-state index in [0.717, 1.165) is 30.7 Å². The molecular formula is C18H28N2O2. The fourth-order valence-electron chi connectivity index (χ4n) is 3.08. The van der Waals surface area contributed by atoms with E-state index in [4.69, 9.17) is 10.5 Å². The van der Waals surface area contributed by atoms with Crippen LogP contribution in [-0.4, -0.2) is 36.0 Å². The highest BCUT2D eigenvalue weighted by Crippen LogP contribution is 2.23. The molecule has 2 rings (SSSR count). The predicted octanol–water partition coefficient (Wildman–Crippen LogP) is 2.60. The summed E-state index contributed by atoms with van der Waals surface area (Å²) in [6.07, 6.45) is 2.63. The van der Waals surface area contributed by atoms with Crippen molar-refractivity contribution in [3.8, 4) is 5.75 Å². The first-order chi connectivity index (χ1) is 10.5. The van der Waals surface area contributed by atoms with Crippen molar-refractivity contribution < 1.29 is 9.53 Å². The van der Waals surface area contributed by atoms with Crippen LogP contribution in [0.1, 0.15) is 39.2 Å². The highest BCUT2D eigenvalue weighted by Gasteiger charge is 2.28. The number of likely N-dealkylation sites (tertiary alicyclic amines) is 1. The first-order valence-electron chi connectivity index (χ1n) is 8.24. The maximum Gasteiger partial charge on any atom is 0.227 e. The number of ether oxygens (including phenoxy) is 1. The molecule has 1 aromatic carbocycles. The average molecular weight is 304 g/mol. The number of benzene rings is 1. The number of carbonyl (C=O) groups is 1. The zero-order chi connectivity index (χ0) is 16.1. The zero-order valence-electron chi connectivity index (χ0n) is 13.9. The molecule has 0 saturated carbocycles. The van der Waals surface area contributed by atoms with Gasteiger partial charge in [-0.15, -0.1) is 0 Å². The molecule has 1 amide bonds. The van der Waals surface area contributed by atoms with Crippen LogP contribution in [0, 0.1) is 5.92 Å². The zero-order valence-corrected chi connectivity index (χ0v) is 13.9. The van der Waals surface area contributed by atoms with Crippen molar-refractivity contribution in [2.24, 2.45) is 11.7 Å². The minimum absolute atomic E-state index is 0.135. The lowest BCUT2D eigenvalue weighted by Crippen LogP contribution is -2.49. The van der Waals surface area contributed by atoms with Crippen molar-refractivity contribution >= 4 is 5.91 Å². The van der Waals surface area contributed by atoms with Crippen molar-refractivity contribution in [1.29, 1.82) is 0 Å². The first kappa shape index (κ1) is 16.8. The molecule has 1 heterocycles. The van der Waals surface area contributed by atoms with E-state index in [0.29, 0.717) is 18.9 Å². The number of nitrogens with two attached hydrogens (primary N) is 1. The van der Waals surface area contributed by atoms with Gasteiger partial charge in [-0.2, -0.15) is 0 Å². The molecule has 0 bridgehead atoms. The van der Waals surface area contributed by atoms with Gasteiger partial charge in [-0.05, 0) is 50.3 Å². The molecule has 2 N–H and O–H groups in total. The van der Waals surface area contributed by atoms with E-state index in [1.807, 2.05) is 43.0 Å². The summed E-state index contributed by atoms with van der Waals surface area (Å²) in [5, 5.41) is 0. The fourth-order valence-corrected chi connectivity index (χ4v) is 3.08. The Hall–Kier alpha value is -1.55. The third kappa shape index (κ3) is 4.47. The maximum absolute atomic E-state index is 12.6. The maximum atomic E-state index is 12.6. The summed E-state index contributed by atoms with van der Waals surface area (Å²) >= 11 is 0. The van der Waals surface area contributed by atoms with E-state index in [9.17, 15) is 4.79 Å². The van der Waals surface area contributed by atoms with E-state index >= 15 is 0 Å². The molecule has 0 radical (unpaired) electrons. The normalized spacial score (nSPS) is 22.0. The second kappa shape index (κ2) is 7.63. The van der Waals surface area contributed by atoms with Crippen molar-refractivity contribution in [2.75, 3.05) is 13.1 Å². The summed E-state index contributed by atoms with van der Waals surface area (Å²) in [6.45, 7) is 7.60. The molecule has 0 aromatic heterocycles. The number of rotatable bonds is 5. The van der Waals surface area contributed by atoms with Crippen molar-refractivity contribution in [3.05, 3.63) is 29.8 Å². The SMILES string of the molecule is CC1CCN(C(=O)Cc2cccc(OC(C)C)c2)C(CN)C1. The summed E-state index contributed by atoms with van der Waals surface area (Å²) in [5.74, 6) is 1.65. The molecule has 2 atom stereocenters. The van der Waals surface area contributed by atoms with Crippen LogP contribution >= 0.6 is 0 Å². The molecular weight excluding hydrogens is 276 g/mol. The summed E-state index contributed by atoms with van der Waals surface area (Å²) in [6, 6.07) is 8.00. The predicted molar refractivity (Wildman–Crippen MR) is 88.9 cm³/mol. The van der Waals surface area contributed by atoms with Crippen molar-refractivity contribution in [1.82, 2.24) is 4.90 Å². The molecule has 1 saturated heterocycles. The summed E-state index contributed by atoms with van der Waals surface area (Å²) in [4.78, 5) is 14.6. The standard InChI is InChI=1S/C18H28N2O2/c1-13(2)22-17-6-4-5-15(10-17)11-18(21)20-8-7-14(3)9-16(20)12-19/h4-6,10,13-14,16H,7-9,11-12,19H2,1-3H3. The largest absolute Gasteiger partial charge is 0.491 e. The van der Waals surface area contributed by atoms with Crippen LogP contribution < -0.4 is 10.5 Å². The van der Waals surface area contributed by atoms with Gasteiger partial charge in [-0.3, -0.25) is 4.79 Å². The Bertz CT molecular complexity index is 502. The molecule has 1 aromatic rings. The summed E-state index contributed by atoms with van der Waals surface area (Å²) in [7, 11) is 0. The van der Waals surface area contributed by atoms with Gasteiger partial charge in [-0.25, -0.2) is 0 Å². The quantitative estimate of drug-likeness (QED) is 0.909. The van der Waals surface area contributed by atoms with Gasteiger partial charge >= 0.3 is 0 Å². The van der Waals surface area contributed by atoms with Gasteiger partial charge in [-0.1, -0.05) is 19.1 Å². The Kier molecular flexibility index (Phi) is 5.83. The lowest BCUT2D eigenvalue weighted by molar-refractivity contribution is -0.134. The lowest BCUT2D eigenvalue weighted by Gasteiger charge is -2.38. The molecule has 2 unspecified atom stereocenters. The van der Waals surface area contributed by atoms with Crippen LogP contribution in [0.4, 0.5) is 0 Å². The molecule has 1 fully saturated rings. The van der Waals surface area contributed by atoms with Gasteiger partial charge in [0.1, 0.15) is 5.75 Å². The molecule has 0 spiro atoms. The smallest absolute Gasteiger partial charge is 0.227 e. The van der Waals surface area contributed by atoms with Crippen molar-refractivity contribution in [2.45, 2.75) is 52.2 Å². The Labute approximate surface area is 133 Å². The Morgan fingerprint density at radius 3 is 2.91 bits per heavy atom. The number of nitrogens with zero attached hydrogens (tertiary/aromatic N) is 1. The van der Waals surface area contributed by atoms with E-state index in [2.05, 4.69) is 6.92 Å². The van der Waals surface area contributed by atoms with Crippen molar-refractivity contribution in [3.63, 3.8) is 0 Å². The molecule has 1 aliphatic rings. The fraction of sp³-hybridized carbons (Fsp3) is 0.611. The van der Waals surface area contributed by atoms with E-state index in [1.165, 1.54) is 0 Å². The number of hydrogen-bond donors (Lipinski definition) is 1. The Balaban J connectivity index is 2.02. The molecule has 1 aliphatic heterocycles. The van der Waals surface area contributed by atoms with Crippen LogP contribution in [0.3, 0.4) is 0 Å². The number of amides is 1. The first-order valence-corrected chi connectivity index (χ1v) is 8.24. The van der Waals surface area contributed by atoms with E-state index in [-0.39, 0.29) is 18.1 Å². The average Bonchev–Trinajstić information content (AvgIpc) is 2.46. The molecule has 122 valence electrons. The van der Waals surface area contributed by atoms with Gasteiger partial charge in [0.2, 0.25) is 5.91 Å². The van der Waals surface area contributed by atoms with Gasteiger partial charge in [0.05, 0.1) is 12.5 Å². The third-order valence-electron chi connectivity index (χ3n) is 4.20. The minimum Gasteiger partial charge on any atom is -0.491 e. The number of carbonyl (C=O) groups excluding carboxylic acids is 1. The Morgan fingerprint density at radius 2 is 2.23 bits per heavy atom. The van der Waals surface area contributed by atoms with Crippen LogP contribution in [0.15, 0.2) is 24.3 Å². The lowest BCUT2D eigenvalue weighted by atomic mass is 9.92. The summed E-state index contributed by atoms with van der Waals surface area (Å²) < 4.78 is 5.69. The van der Waals surface area contributed by atoms with Gasteiger partial charge in [0, 0.05) is 19.1 Å². The van der Waals surface area contributed by atoms with Gasteiger partial charge in [0.15, 0.2) is 0 Å². The topological polar surface area (TPSA) is 55.6 Å². The van der Waals surface area contributed by atoms with Gasteiger partial charge in [0.25, 0.3) is 0 Å². The highest BCUT2D eigenvalue weighted by atomic mass is 16.5. The molecule has 4 nitrogen and oxygen atoms in total. The molecule has 0 aliphatic carbocycles. The molecule has 22 heavy (non-hydrogen) atoms. The summed E-state index contributed by atoms with van der Waals surface area (Å²) in [5.41, 5.74) is 6.85. The van der Waals surface area contributed by atoms with Gasteiger partial charge < -0.3 is 15.4 Å². The highest BCUT2D eigenvalue weighted by molar-refractivity contribution is 5.79. The van der Waals surface area contributed by atoms with E-state index in [1.54, 1.807) is 0 Å². The monoisotopic (exact) mass is 304 g/mol. The Morgan fingerprint density at radius 1 is 1.45 bits per heavy atom. The van der Waals surface area contributed by atoms with Crippen LogP contribution in [-0.2, 0) is 11.2 Å². The second-order valence-electron chi connectivity index (χ2n) is 6.60. The van der Waals surface area contributed by atoms with E-state index < -0.39 is 0 Å². The second-order valence-corrected chi connectivity index (χ2v) is 6.60. The van der Waals surface area contributed by atoms with Crippen LogP contribution in [0.5, 0.6) is 5.75 Å². The third-order valence-corrected chi connectivity index (χ3v) is 4.20. The van der Waals surface area contributed by atoms with Crippen LogP contribution in [0.25, 0.3) is 0 Å². The molecule has 4 heteroatoms. The minimum atomic E-state index is 0.135.